The number of hydrogen-bond donors (Lipinski definition) is 1. The van der Waals surface area contributed by atoms with Crippen molar-refractivity contribution in [3.8, 4) is 0 Å². The molecule has 0 aliphatic carbocycles. The van der Waals surface area contributed by atoms with E-state index in [2.05, 4.69) is 5.32 Å². The van der Waals surface area contributed by atoms with E-state index in [1.807, 2.05) is 0 Å². The molecular weight excluding hydrogens is 362 g/mol. The monoisotopic (exact) mass is 378 g/mol. The zero-order valence-electron chi connectivity index (χ0n) is 14.0. The summed E-state index contributed by atoms with van der Waals surface area (Å²) in [6, 6.07) is 9.59. The topological polar surface area (TPSA) is 49.4 Å². The zero-order valence-corrected chi connectivity index (χ0v) is 14.8. The molecule has 2 unspecified atom stereocenters. The maximum Gasteiger partial charge on any atom is 0.226 e. The second kappa shape index (κ2) is 7.41. The van der Waals surface area contributed by atoms with E-state index in [-0.39, 0.29) is 24.4 Å². The Balaban J connectivity index is 1.78. The van der Waals surface area contributed by atoms with Crippen LogP contribution in [0.15, 0.2) is 42.5 Å². The molecule has 4 nitrogen and oxygen atoms in total. The van der Waals surface area contributed by atoms with Crippen molar-refractivity contribution < 1.29 is 18.4 Å². The average Bonchev–Trinajstić information content (AvgIpc) is 2.90. The Hall–Kier alpha value is -2.47. The summed E-state index contributed by atoms with van der Waals surface area (Å²) < 4.78 is 27.0. The Morgan fingerprint density at radius 2 is 2.04 bits per heavy atom. The average molecular weight is 379 g/mol. The molecule has 0 bridgehead atoms. The Morgan fingerprint density at radius 3 is 2.77 bits per heavy atom. The van der Waals surface area contributed by atoms with Crippen molar-refractivity contribution in [2.24, 2.45) is 5.92 Å². The Kier molecular flexibility index (Phi) is 5.23. The molecule has 1 aliphatic rings. The third kappa shape index (κ3) is 3.70. The predicted octanol–water partition coefficient (Wildman–Crippen LogP) is 3.45. The molecule has 3 rings (SSSR count). The molecule has 136 valence electrons. The van der Waals surface area contributed by atoms with Crippen LogP contribution < -0.4 is 5.32 Å². The molecule has 7 heteroatoms. The van der Waals surface area contributed by atoms with E-state index in [0.717, 1.165) is 23.8 Å². The maximum atomic E-state index is 13.7. The van der Waals surface area contributed by atoms with Crippen molar-refractivity contribution in [1.29, 1.82) is 0 Å². The number of halogens is 3. The molecule has 1 saturated heterocycles. The van der Waals surface area contributed by atoms with Gasteiger partial charge < -0.3 is 10.2 Å². The molecule has 26 heavy (non-hydrogen) atoms. The highest BCUT2D eigenvalue weighted by Crippen LogP contribution is 2.37. The third-order valence-electron chi connectivity index (χ3n) is 4.57. The molecule has 2 amide bonds. The van der Waals surface area contributed by atoms with E-state index in [1.165, 1.54) is 4.90 Å². The SMILES string of the molecule is CN1C(=O)CC(C(=O)NCc2cc(F)ccc2F)C1c1cccc(Cl)c1. The van der Waals surface area contributed by atoms with Gasteiger partial charge in [-0.25, -0.2) is 8.78 Å². The maximum absolute atomic E-state index is 13.7. The van der Waals surface area contributed by atoms with E-state index < -0.39 is 29.5 Å². The Labute approximate surface area is 154 Å². The van der Waals surface area contributed by atoms with Gasteiger partial charge in [0.25, 0.3) is 0 Å². The summed E-state index contributed by atoms with van der Waals surface area (Å²) in [6.07, 6.45) is 0.0468. The Morgan fingerprint density at radius 1 is 1.27 bits per heavy atom. The van der Waals surface area contributed by atoms with E-state index >= 15 is 0 Å². The molecule has 0 radical (unpaired) electrons. The van der Waals surface area contributed by atoms with Gasteiger partial charge in [-0.1, -0.05) is 23.7 Å². The van der Waals surface area contributed by atoms with Gasteiger partial charge >= 0.3 is 0 Å². The van der Waals surface area contributed by atoms with Crippen LogP contribution in [0.4, 0.5) is 8.78 Å². The second-order valence-corrected chi connectivity index (χ2v) is 6.71. The number of rotatable bonds is 4. The zero-order chi connectivity index (χ0) is 18.8. The second-order valence-electron chi connectivity index (χ2n) is 6.27. The minimum absolute atomic E-state index is 0.0468. The standard InChI is InChI=1S/C19H17ClF2N2O2/c1-24-17(25)9-15(18(24)11-3-2-4-13(20)7-11)19(26)23-10-12-8-14(21)5-6-16(12)22/h2-8,15,18H,9-10H2,1H3,(H,23,26). The van der Waals surface area contributed by atoms with Crippen LogP contribution in [0.5, 0.6) is 0 Å². The van der Waals surface area contributed by atoms with Crippen LogP contribution in [0.1, 0.15) is 23.6 Å². The van der Waals surface area contributed by atoms with E-state index in [1.54, 1.807) is 31.3 Å². The van der Waals surface area contributed by atoms with Crippen molar-refractivity contribution >= 4 is 23.4 Å². The summed E-state index contributed by atoms with van der Waals surface area (Å²) in [6.45, 7) is -0.154. The molecule has 0 saturated carbocycles. The van der Waals surface area contributed by atoms with Gasteiger partial charge in [0.05, 0.1) is 12.0 Å². The van der Waals surface area contributed by atoms with Crippen molar-refractivity contribution in [3.05, 3.63) is 70.2 Å². The smallest absolute Gasteiger partial charge is 0.226 e. The summed E-state index contributed by atoms with van der Waals surface area (Å²) in [4.78, 5) is 26.3. The molecule has 2 aromatic carbocycles. The van der Waals surface area contributed by atoms with Crippen LogP contribution >= 0.6 is 11.6 Å². The summed E-state index contributed by atoms with van der Waals surface area (Å²) >= 11 is 6.03. The largest absolute Gasteiger partial charge is 0.352 e. The fourth-order valence-electron chi connectivity index (χ4n) is 3.24. The number of nitrogens with one attached hydrogen (secondary N) is 1. The summed E-state index contributed by atoms with van der Waals surface area (Å²) in [7, 11) is 1.63. The van der Waals surface area contributed by atoms with Gasteiger partial charge in [-0.05, 0) is 35.9 Å². The van der Waals surface area contributed by atoms with Gasteiger partial charge in [-0.2, -0.15) is 0 Å². The van der Waals surface area contributed by atoms with E-state index in [4.69, 9.17) is 11.6 Å². The molecule has 1 N–H and O–H groups in total. The lowest BCUT2D eigenvalue weighted by Crippen LogP contribution is -2.34. The molecule has 2 aromatic rings. The number of amides is 2. The lowest BCUT2D eigenvalue weighted by Gasteiger charge is -2.25. The molecule has 1 fully saturated rings. The van der Waals surface area contributed by atoms with Crippen LogP contribution in [0.2, 0.25) is 5.02 Å². The van der Waals surface area contributed by atoms with Gasteiger partial charge in [-0.3, -0.25) is 9.59 Å². The first-order valence-electron chi connectivity index (χ1n) is 8.09. The van der Waals surface area contributed by atoms with Crippen LogP contribution in [0, 0.1) is 17.6 Å². The number of carbonyl (C=O) groups is 2. The highest BCUT2D eigenvalue weighted by atomic mass is 35.5. The van der Waals surface area contributed by atoms with Crippen LogP contribution in [-0.2, 0) is 16.1 Å². The molecular formula is C19H17ClF2N2O2. The van der Waals surface area contributed by atoms with Crippen LogP contribution in [0.3, 0.4) is 0 Å². The van der Waals surface area contributed by atoms with Crippen LogP contribution in [-0.4, -0.2) is 23.8 Å². The summed E-state index contributed by atoms with van der Waals surface area (Å²) in [5.74, 6) is -2.37. The predicted molar refractivity (Wildman–Crippen MR) is 93.3 cm³/mol. The van der Waals surface area contributed by atoms with Gasteiger partial charge in [0.1, 0.15) is 11.6 Å². The number of nitrogens with zero attached hydrogens (tertiary/aromatic N) is 1. The van der Waals surface area contributed by atoms with Crippen molar-refractivity contribution in [3.63, 3.8) is 0 Å². The molecule has 1 aliphatic heterocycles. The van der Waals surface area contributed by atoms with Gasteiger partial charge in [0, 0.05) is 30.6 Å². The minimum Gasteiger partial charge on any atom is -0.352 e. The molecule has 0 spiro atoms. The first-order valence-corrected chi connectivity index (χ1v) is 8.47. The highest BCUT2D eigenvalue weighted by molar-refractivity contribution is 6.30. The first-order chi connectivity index (χ1) is 12.4. The van der Waals surface area contributed by atoms with Gasteiger partial charge in [0.15, 0.2) is 0 Å². The number of likely N-dealkylation sites (tertiary alicyclic amines) is 1. The van der Waals surface area contributed by atoms with Crippen LogP contribution in [0.25, 0.3) is 0 Å². The lowest BCUT2D eigenvalue weighted by atomic mass is 9.93. The highest BCUT2D eigenvalue weighted by Gasteiger charge is 2.42. The summed E-state index contributed by atoms with van der Waals surface area (Å²) in [5, 5.41) is 3.12. The van der Waals surface area contributed by atoms with Crippen molar-refractivity contribution in [2.45, 2.75) is 19.0 Å². The molecule has 2 atom stereocenters. The van der Waals surface area contributed by atoms with E-state index in [0.29, 0.717) is 5.02 Å². The fourth-order valence-corrected chi connectivity index (χ4v) is 3.44. The third-order valence-corrected chi connectivity index (χ3v) is 4.81. The van der Waals surface area contributed by atoms with Crippen molar-refractivity contribution in [1.82, 2.24) is 10.2 Å². The number of benzene rings is 2. The summed E-state index contributed by atoms with van der Waals surface area (Å²) in [5.41, 5.74) is 0.804. The minimum atomic E-state index is -0.636. The number of carbonyl (C=O) groups excluding carboxylic acids is 2. The molecule has 1 heterocycles. The number of hydrogen-bond acceptors (Lipinski definition) is 2. The van der Waals surface area contributed by atoms with Crippen molar-refractivity contribution in [2.75, 3.05) is 7.05 Å². The normalized spacial score (nSPS) is 19.7. The van der Waals surface area contributed by atoms with Gasteiger partial charge in [0.2, 0.25) is 11.8 Å². The first kappa shape index (κ1) is 18.3. The van der Waals surface area contributed by atoms with E-state index in [9.17, 15) is 18.4 Å². The quantitative estimate of drug-likeness (QED) is 0.885. The molecule has 0 aromatic heterocycles. The fraction of sp³-hybridized carbons (Fsp3) is 0.263. The lowest BCUT2D eigenvalue weighted by molar-refractivity contribution is -0.128. The Bertz CT molecular complexity index is 859. The van der Waals surface area contributed by atoms with Gasteiger partial charge in [-0.15, -0.1) is 0 Å².